The van der Waals surface area contributed by atoms with Crippen LogP contribution in [0.1, 0.15) is 35.8 Å². The van der Waals surface area contributed by atoms with Gasteiger partial charge in [0.25, 0.3) is 5.91 Å². The van der Waals surface area contributed by atoms with E-state index in [1.165, 1.54) is 0 Å². The highest BCUT2D eigenvalue weighted by molar-refractivity contribution is 6.01. The van der Waals surface area contributed by atoms with Gasteiger partial charge in [-0.3, -0.25) is 9.89 Å². The molecule has 0 radical (unpaired) electrons. The van der Waals surface area contributed by atoms with Crippen LogP contribution in [0.2, 0.25) is 0 Å². The normalized spacial score (nSPS) is 16.1. The molecule has 2 aromatic heterocycles. The van der Waals surface area contributed by atoms with Crippen LogP contribution in [-0.4, -0.2) is 101 Å². The molecule has 0 spiro atoms. The van der Waals surface area contributed by atoms with Crippen molar-refractivity contribution >= 4 is 40.3 Å². The van der Waals surface area contributed by atoms with Crippen molar-refractivity contribution in [3.8, 4) is 11.3 Å². The standard InChI is InChI=1S/C31H37N9O3/c1-20(2)26-25-27(34-30(35-28(25)37-36-26)40-16-18-43-19-17-40)21-4-8-23(9-5-21)32-31(42)33-24-10-6-22(7-11-24)29(41)39-14-12-38(3)13-15-39/h4-11,20H,12-19H2,1-3H3,(H2,32,33,42)(H,34,35,36,37). The summed E-state index contributed by atoms with van der Waals surface area (Å²) in [6, 6.07) is 14.2. The smallest absolute Gasteiger partial charge is 0.323 e. The average molecular weight is 584 g/mol. The highest BCUT2D eigenvalue weighted by atomic mass is 16.5. The lowest BCUT2D eigenvalue weighted by Crippen LogP contribution is -2.47. The molecule has 3 N–H and O–H groups in total. The Kier molecular flexibility index (Phi) is 8.21. The third kappa shape index (κ3) is 6.30. The number of aromatic nitrogens is 4. The maximum Gasteiger partial charge on any atom is 0.323 e. The van der Waals surface area contributed by atoms with E-state index in [0.29, 0.717) is 54.8 Å². The summed E-state index contributed by atoms with van der Waals surface area (Å²) >= 11 is 0. The van der Waals surface area contributed by atoms with Gasteiger partial charge in [0.15, 0.2) is 5.65 Å². The Bertz CT molecular complexity index is 1590. The molecule has 12 heteroatoms. The zero-order chi connectivity index (χ0) is 29.9. The molecule has 0 atom stereocenters. The summed E-state index contributed by atoms with van der Waals surface area (Å²) in [5.41, 5.74) is 5.16. The maximum atomic E-state index is 12.8. The fourth-order valence-corrected chi connectivity index (χ4v) is 5.37. The number of morpholine rings is 1. The van der Waals surface area contributed by atoms with Gasteiger partial charge in [0.05, 0.1) is 30.0 Å². The van der Waals surface area contributed by atoms with Crippen molar-refractivity contribution in [2.75, 3.05) is 75.1 Å². The van der Waals surface area contributed by atoms with Crippen molar-refractivity contribution in [2.45, 2.75) is 19.8 Å². The molecule has 6 rings (SSSR count). The number of piperazine rings is 1. The molecule has 2 aliphatic heterocycles. The van der Waals surface area contributed by atoms with Crippen LogP contribution in [0, 0.1) is 0 Å². The molecular formula is C31H37N9O3. The fraction of sp³-hybridized carbons (Fsp3) is 0.387. The number of benzene rings is 2. The Morgan fingerprint density at radius 3 is 2.12 bits per heavy atom. The van der Waals surface area contributed by atoms with Gasteiger partial charge in [0.2, 0.25) is 5.95 Å². The number of carbonyl (C=O) groups is 2. The number of aromatic amines is 1. The molecule has 12 nitrogen and oxygen atoms in total. The van der Waals surface area contributed by atoms with Crippen molar-refractivity contribution < 1.29 is 14.3 Å². The number of nitrogens with one attached hydrogen (secondary N) is 3. The Morgan fingerprint density at radius 1 is 0.860 bits per heavy atom. The van der Waals surface area contributed by atoms with Crippen molar-refractivity contribution in [1.82, 2.24) is 30.0 Å². The number of hydrogen-bond donors (Lipinski definition) is 3. The van der Waals surface area contributed by atoms with E-state index >= 15 is 0 Å². The minimum Gasteiger partial charge on any atom is -0.378 e. The summed E-state index contributed by atoms with van der Waals surface area (Å²) in [5, 5.41) is 14.3. The molecule has 2 saturated heterocycles. The molecule has 224 valence electrons. The number of fused-ring (bicyclic) bond motifs is 1. The van der Waals surface area contributed by atoms with E-state index in [2.05, 4.69) is 51.5 Å². The van der Waals surface area contributed by atoms with Gasteiger partial charge in [-0.25, -0.2) is 9.78 Å². The van der Waals surface area contributed by atoms with E-state index < -0.39 is 0 Å². The SMILES string of the molecule is CC(C)c1n[nH]c2nc(N3CCOCC3)nc(-c3ccc(NC(=O)Nc4ccc(C(=O)N5CCN(C)CC5)cc4)cc3)c12. The second kappa shape index (κ2) is 12.4. The number of nitrogens with zero attached hydrogens (tertiary/aromatic N) is 6. The number of carbonyl (C=O) groups excluding carboxylic acids is 2. The maximum absolute atomic E-state index is 12.8. The second-order valence-electron chi connectivity index (χ2n) is 11.3. The molecular weight excluding hydrogens is 546 g/mol. The summed E-state index contributed by atoms with van der Waals surface area (Å²) in [7, 11) is 2.06. The number of ether oxygens (including phenoxy) is 1. The monoisotopic (exact) mass is 583 g/mol. The number of hydrogen-bond acceptors (Lipinski definition) is 8. The first-order valence-corrected chi connectivity index (χ1v) is 14.7. The minimum absolute atomic E-state index is 0.0122. The number of rotatable bonds is 6. The number of likely N-dealkylation sites (N-methyl/N-ethyl adjacent to an activating group) is 1. The van der Waals surface area contributed by atoms with Gasteiger partial charge in [0.1, 0.15) is 0 Å². The van der Waals surface area contributed by atoms with Gasteiger partial charge in [0, 0.05) is 61.8 Å². The molecule has 4 heterocycles. The zero-order valence-corrected chi connectivity index (χ0v) is 24.8. The molecule has 0 aliphatic carbocycles. The van der Waals surface area contributed by atoms with E-state index in [0.717, 1.165) is 48.5 Å². The Labute approximate surface area is 250 Å². The molecule has 43 heavy (non-hydrogen) atoms. The Balaban J connectivity index is 1.15. The van der Waals surface area contributed by atoms with Crippen molar-refractivity contribution in [3.63, 3.8) is 0 Å². The van der Waals surface area contributed by atoms with Gasteiger partial charge in [-0.2, -0.15) is 10.1 Å². The van der Waals surface area contributed by atoms with Crippen LogP contribution in [0.4, 0.5) is 22.1 Å². The summed E-state index contributed by atoms with van der Waals surface area (Å²) in [4.78, 5) is 41.5. The first-order valence-electron chi connectivity index (χ1n) is 14.7. The first kappa shape index (κ1) is 28.6. The van der Waals surface area contributed by atoms with E-state index in [9.17, 15) is 9.59 Å². The van der Waals surface area contributed by atoms with Crippen LogP contribution >= 0.6 is 0 Å². The Hall–Kier alpha value is -4.55. The number of urea groups is 1. The third-order valence-corrected chi connectivity index (χ3v) is 7.87. The average Bonchev–Trinajstić information content (AvgIpc) is 3.47. The van der Waals surface area contributed by atoms with E-state index in [1.807, 2.05) is 29.2 Å². The summed E-state index contributed by atoms with van der Waals surface area (Å²) < 4.78 is 5.51. The van der Waals surface area contributed by atoms with Crippen molar-refractivity contribution in [1.29, 1.82) is 0 Å². The second-order valence-corrected chi connectivity index (χ2v) is 11.3. The van der Waals surface area contributed by atoms with Crippen molar-refractivity contribution in [3.05, 3.63) is 59.8 Å². The van der Waals surface area contributed by atoms with Gasteiger partial charge in [-0.15, -0.1) is 0 Å². The quantitative estimate of drug-likeness (QED) is 0.310. The van der Waals surface area contributed by atoms with E-state index in [4.69, 9.17) is 14.7 Å². The van der Waals surface area contributed by atoms with E-state index in [1.54, 1.807) is 24.3 Å². The lowest BCUT2D eigenvalue weighted by Gasteiger charge is -2.32. The molecule has 2 aliphatic rings. The minimum atomic E-state index is -0.373. The highest BCUT2D eigenvalue weighted by Crippen LogP contribution is 2.33. The molecule has 0 unspecified atom stereocenters. The summed E-state index contributed by atoms with van der Waals surface area (Å²) in [6.07, 6.45) is 0. The first-order chi connectivity index (χ1) is 20.9. The number of amides is 3. The molecule has 3 amide bonds. The summed E-state index contributed by atoms with van der Waals surface area (Å²) in [6.45, 7) is 10.1. The molecule has 4 aromatic rings. The van der Waals surface area contributed by atoms with Crippen LogP contribution < -0.4 is 15.5 Å². The number of H-pyrrole nitrogens is 1. The largest absolute Gasteiger partial charge is 0.378 e. The summed E-state index contributed by atoms with van der Waals surface area (Å²) in [5.74, 6) is 0.842. The Morgan fingerprint density at radius 2 is 1.49 bits per heavy atom. The molecule has 0 saturated carbocycles. The van der Waals surface area contributed by atoms with E-state index in [-0.39, 0.29) is 17.9 Å². The lowest BCUT2D eigenvalue weighted by atomic mass is 10.0. The lowest BCUT2D eigenvalue weighted by molar-refractivity contribution is 0.0664. The third-order valence-electron chi connectivity index (χ3n) is 7.87. The highest BCUT2D eigenvalue weighted by Gasteiger charge is 2.23. The van der Waals surface area contributed by atoms with Gasteiger partial charge in [-0.05, 0) is 49.4 Å². The molecule has 2 fully saturated rings. The van der Waals surface area contributed by atoms with Crippen LogP contribution in [0.25, 0.3) is 22.3 Å². The topological polar surface area (TPSA) is 132 Å². The molecule has 0 bridgehead atoms. The zero-order valence-electron chi connectivity index (χ0n) is 24.8. The molecule has 2 aromatic carbocycles. The fourth-order valence-electron chi connectivity index (χ4n) is 5.37. The van der Waals surface area contributed by atoms with Crippen molar-refractivity contribution in [2.24, 2.45) is 0 Å². The van der Waals surface area contributed by atoms with Gasteiger partial charge < -0.3 is 30.1 Å². The van der Waals surface area contributed by atoms with Crippen LogP contribution in [0.15, 0.2) is 48.5 Å². The predicted octanol–water partition coefficient (Wildman–Crippen LogP) is 4.01. The van der Waals surface area contributed by atoms with Gasteiger partial charge >= 0.3 is 6.03 Å². The van der Waals surface area contributed by atoms with Crippen LogP contribution in [0.5, 0.6) is 0 Å². The number of anilines is 3. The van der Waals surface area contributed by atoms with Crippen LogP contribution in [0.3, 0.4) is 0 Å². The van der Waals surface area contributed by atoms with Gasteiger partial charge in [-0.1, -0.05) is 26.0 Å². The van der Waals surface area contributed by atoms with Crippen LogP contribution in [-0.2, 0) is 4.74 Å². The predicted molar refractivity (Wildman–Crippen MR) is 167 cm³/mol.